The Labute approximate surface area is 227 Å². The molecule has 1 aromatic carbocycles. The van der Waals surface area contributed by atoms with Gasteiger partial charge in [0, 0.05) is 41.3 Å². The van der Waals surface area contributed by atoms with Crippen LogP contribution in [-0.2, 0) is 0 Å². The molecule has 0 saturated heterocycles. The molecule has 1 heterocycles. The minimum absolute atomic E-state index is 0. The van der Waals surface area contributed by atoms with E-state index in [0.717, 1.165) is 13.1 Å². The van der Waals surface area contributed by atoms with Crippen LogP contribution in [0, 0.1) is 0 Å². The topological polar surface area (TPSA) is 6.48 Å². The first kappa shape index (κ1) is 34.9. The number of anilines is 2. The molecule has 2 rings (SSSR count). The molecule has 0 bridgehead atoms. The molecule has 1 aliphatic rings. The molecule has 1 aromatic rings. The van der Waals surface area contributed by atoms with E-state index < -0.39 is 0 Å². The van der Waals surface area contributed by atoms with Crippen molar-refractivity contribution in [3.63, 3.8) is 0 Å². The summed E-state index contributed by atoms with van der Waals surface area (Å²) in [5.74, 6) is 0. The fourth-order valence-electron chi connectivity index (χ4n) is 5.75. The Morgan fingerprint density at radius 3 is 1.11 bits per heavy atom. The van der Waals surface area contributed by atoms with Crippen molar-refractivity contribution in [1.29, 1.82) is 0 Å². The van der Waals surface area contributed by atoms with Gasteiger partial charge in [0.25, 0.3) is 0 Å². The van der Waals surface area contributed by atoms with Gasteiger partial charge in [0.05, 0.1) is 0 Å². The maximum absolute atomic E-state index is 2.52. The van der Waals surface area contributed by atoms with E-state index in [2.05, 4.69) is 125 Å². The summed E-state index contributed by atoms with van der Waals surface area (Å²) < 4.78 is 0. The van der Waals surface area contributed by atoms with E-state index in [0.29, 0.717) is 20.6 Å². The van der Waals surface area contributed by atoms with Crippen molar-refractivity contribution in [2.24, 2.45) is 0 Å². The second-order valence-corrected chi connectivity index (χ2v) is 21.7. The summed E-state index contributed by atoms with van der Waals surface area (Å²) in [5.41, 5.74) is 2.78. The molecule has 0 fully saturated rings. The van der Waals surface area contributed by atoms with Gasteiger partial charge in [-0.25, -0.2) is 0 Å². The van der Waals surface area contributed by atoms with Crippen LogP contribution in [0.4, 0.5) is 11.4 Å². The highest BCUT2D eigenvalue weighted by atomic mass is 31.1. The number of nitrogens with zero attached hydrogens (tertiary/aromatic N) is 2. The van der Waals surface area contributed by atoms with Crippen molar-refractivity contribution in [2.75, 3.05) is 35.0 Å². The molecule has 2 nitrogen and oxygen atoms in total. The lowest BCUT2D eigenvalue weighted by Crippen LogP contribution is -2.37. The van der Waals surface area contributed by atoms with Crippen LogP contribution in [-0.4, -0.2) is 70.4 Å². The van der Waals surface area contributed by atoms with Crippen LogP contribution in [0.1, 0.15) is 95.9 Å². The average molecular weight is 511 g/mol. The standard InChI is InChI=1S/C28H52BN2P2.2B/c1-25(2,3)32(26(4,5)6)21-15-19-30-23-17-13-14-18-24(23)31(29-30)20-16-22-33(27(7,8)9)28(10,11)12;;/h13-14,17-18H,15-16,19-22H2,1-12H3;;. The van der Waals surface area contributed by atoms with E-state index in [1.807, 2.05) is 0 Å². The summed E-state index contributed by atoms with van der Waals surface area (Å²) in [7, 11) is 2.34. The molecule has 35 heavy (non-hydrogen) atoms. The van der Waals surface area contributed by atoms with Crippen molar-refractivity contribution >= 4 is 51.6 Å². The molecular weight excluding hydrogens is 459 g/mol. The second-order valence-electron chi connectivity index (χ2n) is 13.7. The smallest absolute Gasteiger partial charge is 0.391 e. The lowest BCUT2D eigenvalue weighted by Gasteiger charge is -2.42. The predicted octanol–water partition coefficient (Wildman–Crippen LogP) is 8.02. The predicted molar refractivity (Wildman–Crippen MR) is 170 cm³/mol. The molecule has 0 amide bonds. The molecule has 0 N–H and O–H groups in total. The highest BCUT2D eigenvalue weighted by Crippen LogP contribution is 2.60. The quantitative estimate of drug-likeness (QED) is 0.258. The van der Waals surface area contributed by atoms with Crippen LogP contribution < -0.4 is 9.62 Å². The SMILES string of the molecule is CC(C)(C)P(CCCN1[B]N(CCCP(C(C)(C)C)C(C)(C)C)c2ccccc21)C(C)(C)C.[B].[B]. The van der Waals surface area contributed by atoms with Crippen LogP contribution in [0.3, 0.4) is 0 Å². The van der Waals surface area contributed by atoms with Crippen molar-refractivity contribution in [2.45, 2.75) is 117 Å². The monoisotopic (exact) mass is 511 g/mol. The van der Waals surface area contributed by atoms with Gasteiger partial charge in [0.2, 0.25) is 0 Å². The molecule has 0 unspecified atom stereocenters. The maximum Gasteiger partial charge on any atom is 0.391 e. The number of fused-ring (bicyclic) bond motifs is 1. The van der Waals surface area contributed by atoms with E-state index in [4.69, 9.17) is 0 Å². The molecule has 0 aliphatic carbocycles. The van der Waals surface area contributed by atoms with Crippen molar-refractivity contribution < 1.29 is 0 Å². The number of para-hydroxylation sites is 2. The molecular formula is C28H52B3N2P2. The highest BCUT2D eigenvalue weighted by molar-refractivity contribution is 7.61. The molecule has 0 saturated carbocycles. The number of hydrogen-bond acceptors (Lipinski definition) is 2. The van der Waals surface area contributed by atoms with Crippen molar-refractivity contribution in [3.8, 4) is 0 Å². The summed E-state index contributed by atoms with van der Waals surface area (Å²) in [4.78, 5) is 5.04. The summed E-state index contributed by atoms with van der Waals surface area (Å²) in [6, 6.07) is 9.00. The maximum atomic E-state index is 2.52. The fourth-order valence-corrected chi connectivity index (χ4v) is 13.4. The lowest BCUT2D eigenvalue weighted by molar-refractivity contribution is 0.698. The van der Waals surface area contributed by atoms with Crippen molar-refractivity contribution in [3.05, 3.63) is 24.3 Å². The van der Waals surface area contributed by atoms with Gasteiger partial charge in [0.1, 0.15) is 0 Å². The third-order valence-electron chi connectivity index (χ3n) is 6.58. The summed E-state index contributed by atoms with van der Waals surface area (Å²) in [6.07, 6.45) is 5.21. The Morgan fingerprint density at radius 1 is 0.571 bits per heavy atom. The van der Waals surface area contributed by atoms with Crippen molar-refractivity contribution in [1.82, 2.24) is 0 Å². The molecule has 7 radical (unpaired) electrons. The lowest BCUT2D eigenvalue weighted by atomic mass is 10.1. The van der Waals surface area contributed by atoms with Crippen LogP contribution >= 0.6 is 15.8 Å². The summed E-state index contributed by atoms with van der Waals surface area (Å²) in [5, 5.41) is 1.63. The van der Waals surface area contributed by atoms with Crippen LogP contribution in [0.2, 0.25) is 0 Å². The number of hydrogen-bond donors (Lipinski definition) is 0. The second kappa shape index (κ2) is 13.1. The number of benzene rings is 1. The fraction of sp³-hybridized carbons (Fsp3) is 0.786. The number of rotatable bonds is 8. The molecule has 0 atom stereocenters. The Kier molecular flexibility index (Phi) is 13.0. The Morgan fingerprint density at radius 2 is 0.857 bits per heavy atom. The van der Waals surface area contributed by atoms with E-state index in [-0.39, 0.29) is 32.7 Å². The zero-order valence-electron chi connectivity index (χ0n) is 25.1. The third kappa shape index (κ3) is 9.93. The van der Waals surface area contributed by atoms with E-state index in [1.165, 1.54) is 36.5 Å². The molecule has 1 aliphatic heterocycles. The minimum Gasteiger partial charge on any atom is -0.397 e. The van der Waals surface area contributed by atoms with Crippen LogP contribution in [0.25, 0.3) is 0 Å². The van der Waals surface area contributed by atoms with Gasteiger partial charge >= 0.3 is 7.55 Å². The van der Waals surface area contributed by atoms with Gasteiger partial charge in [0.15, 0.2) is 0 Å². The van der Waals surface area contributed by atoms with Crippen LogP contribution in [0.15, 0.2) is 24.3 Å². The van der Waals surface area contributed by atoms with Gasteiger partial charge in [-0.05, 0) is 57.9 Å². The molecule has 193 valence electrons. The van der Waals surface area contributed by atoms with Gasteiger partial charge in [-0.1, -0.05) is 111 Å². The van der Waals surface area contributed by atoms with Gasteiger partial charge in [-0.15, -0.1) is 0 Å². The zero-order chi connectivity index (χ0) is 25.2. The Bertz CT molecular complexity index is 670. The highest BCUT2D eigenvalue weighted by Gasteiger charge is 2.36. The third-order valence-corrected chi connectivity index (χ3v) is 14.6. The van der Waals surface area contributed by atoms with E-state index >= 15 is 0 Å². The van der Waals surface area contributed by atoms with E-state index in [9.17, 15) is 0 Å². The van der Waals surface area contributed by atoms with Gasteiger partial charge < -0.3 is 9.62 Å². The van der Waals surface area contributed by atoms with Gasteiger partial charge in [-0.2, -0.15) is 0 Å². The van der Waals surface area contributed by atoms with E-state index in [1.54, 1.807) is 0 Å². The Hall–Kier alpha value is -0.125. The normalized spacial score (nSPS) is 14.6. The minimum atomic E-state index is -0.0326. The zero-order valence-corrected chi connectivity index (χ0v) is 26.9. The summed E-state index contributed by atoms with van der Waals surface area (Å²) in [6.45, 7) is 31.5. The largest absolute Gasteiger partial charge is 0.397 e. The first-order valence-corrected chi connectivity index (χ1v) is 16.0. The molecule has 0 aromatic heterocycles. The average Bonchev–Trinajstić information content (AvgIpc) is 2.96. The molecule has 7 heteroatoms. The molecule has 0 spiro atoms. The van der Waals surface area contributed by atoms with Crippen LogP contribution in [0.5, 0.6) is 0 Å². The summed E-state index contributed by atoms with van der Waals surface area (Å²) >= 11 is 0. The Balaban J connectivity index is 0.00000578. The first-order chi connectivity index (χ1) is 14.9. The van der Waals surface area contributed by atoms with Gasteiger partial charge in [-0.3, -0.25) is 0 Å². The first-order valence-electron chi connectivity index (χ1n) is 13.0.